The molecule has 1 heterocycles. The summed E-state index contributed by atoms with van der Waals surface area (Å²) in [6, 6.07) is 1.38. The van der Waals surface area contributed by atoms with Gasteiger partial charge in [0.2, 0.25) is 0 Å². The van der Waals surface area contributed by atoms with Gasteiger partial charge in [-0.05, 0) is 45.4 Å². The smallest absolute Gasteiger partial charge is 0.191 e. The van der Waals surface area contributed by atoms with Crippen LogP contribution in [-0.4, -0.2) is 60.3 Å². The van der Waals surface area contributed by atoms with E-state index in [0.717, 1.165) is 44.4 Å². The van der Waals surface area contributed by atoms with E-state index in [-0.39, 0.29) is 30.1 Å². The van der Waals surface area contributed by atoms with Gasteiger partial charge in [-0.2, -0.15) is 0 Å². The summed E-state index contributed by atoms with van der Waals surface area (Å²) in [5.41, 5.74) is 0. The van der Waals surface area contributed by atoms with Crippen molar-refractivity contribution >= 4 is 29.9 Å². The first-order valence-electron chi connectivity index (χ1n) is 10.7. The fourth-order valence-electron chi connectivity index (χ4n) is 4.81. The molecule has 0 spiro atoms. The maximum atomic E-state index is 9.99. The van der Waals surface area contributed by atoms with Crippen molar-refractivity contribution in [3.8, 4) is 0 Å². The highest BCUT2D eigenvalue weighted by Gasteiger charge is 2.27. The molecule has 6 heteroatoms. The van der Waals surface area contributed by atoms with Gasteiger partial charge < -0.3 is 20.6 Å². The molecular weight excluding hydrogens is 439 g/mol. The third-order valence-electron chi connectivity index (χ3n) is 6.41. The molecular formula is C20H39IN4O. The molecule has 2 saturated carbocycles. The number of hydrogen-bond donors (Lipinski definition) is 3. The van der Waals surface area contributed by atoms with Crippen LogP contribution in [0, 0.1) is 5.92 Å². The number of aliphatic hydroxyl groups is 1. The Morgan fingerprint density at radius 1 is 1.00 bits per heavy atom. The summed E-state index contributed by atoms with van der Waals surface area (Å²) in [5.74, 6) is 1.29. The minimum Gasteiger partial charge on any atom is -0.393 e. The van der Waals surface area contributed by atoms with E-state index in [9.17, 15) is 5.11 Å². The third kappa shape index (κ3) is 6.51. The molecule has 0 aromatic heterocycles. The van der Waals surface area contributed by atoms with Crippen LogP contribution < -0.4 is 10.6 Å². The number of halogens is 1. The summed E-state index contributed by atoms with van der Waals surface area (Å²) < 4.78 is 0. The average molecular weight is 478 g/mol. The van der Waals surface area contributed by atoms with E-state index in [0.29, 0.717) is 12.0 Å². The van der Waals surface area contributed by atoms with Crippen molar-refractivity contribution in [2.24, 2.45) is 10.9 Å². The van der Waals surface area contributed by atoms with Crippen LogP contribution in [0.3, 0.4) is 0 Å². The predicted octanol–water partition coefficient (Wildman–Crippen LogP) is 3.12. The number of aliphatic hydroxyl groups excluding tert-OH is 1. The summed E-state index contributed by atoms with van der Waals surface area (Å²) in [4.78, 5) is 7.50. The fraction of sp³-hybridized carbons (Fsp3) is 0.950. The van der Waals surface area contributed by atoms with Crippen LogP contribution in [0.5, 0.6) is 0 Å². The van der Waals surface area contributed by atoms with Crippen LogP contribution in [0.2, 0.25) is 0 Å². The highest BCUT2D eigenvalue weighted by atomic mass is 127. The van der Waals surface area contributed by atoms with E-state index in [2.05, 4.69) is 22.5 Å². The second-order valence-corrected chi connectivity index (χ2v) is 8.22. The van der Waals surface area contributed by atoms with Gasteiger partial charge in [-0.25, -0.2) is 0 Å². The van der Waals surface area contributed by atoms with Crippen LogP contribution in [-0.2, 0) is 0 Å². The van der Waals surface area contributed by atoms with Gasteiger partial charge in [0.1, 0.15) is 0 Å². The summed E-state index contributed by atoms with van der Waals surface area (Å²) in [6.07, 6.45) is 12.6. The molecule has 2 aliphatic carbocycles. The Morgan fingerprint density at radius 3 is 2.35 bits per heavy atom. The average Bonchev–Trinajstić information content (AvgIpc) is 3.06. The largest absolute Gasteiger partial charge is 0.393 e. The molecule has 3 rings (SSSR count). The number of aliphatic imine (C=N–C) groups is 1. The number of nitrogens with one attached hydrogen (secondary N) is 2. The maximum Gasteiger partial charge on any atom is 0.191 e. The van der Waals surface area contributed by atoms with Crippen LogP contribution in [0.1, 0.15) is 71.1 Å². The molecule has 2 atom stereocenters. The van der Waals surface area contributed by atoms with Gasteiger partial charge in [-0.1, -0.05) is 25.7 Å². The Kier molecular flexibility index (Phi) is 9.99. The number of piperidine rings is 1. The maximum absolute atomic E-state index is 9.99. The minimum absolute atomic E-state index is 0. The third-order valence-corrected chi connectivity index (χ3v) is 6.41. The molecule has 0 radical (unpaired) electrons. The summed E-state index contributed by atoms with van der Waals surface area (Å²) >= 11 is 0. The number of nitrogens with zero attached hydrogens (tertiary/aromatic N) is 2. The van der Waals surface area contributed by atoms with Crippen molar-refractivity contribution in [2.45, 2.75) is 89.3 Å². The molecule has 3 aliphatic rings. The van der Waals surface area contributed by atoms with Gasteiger partial charge in [0, 0.05) is 44.2 Å². The first-order chi connectivity index (χ1) is 12.3. The summed E-state index contributed by atoms with van der Waals surface area (Å²) in [5, 5.41) is 17.0. The lowest BCUT2D eigenvalue weighted by molar-refractivity contribution is 0.119. The van der Waals surface area contributed by atoms with Gasteiger partial charge in [0.25, 0.3) is 0 Å². The van der Waals surface area contributed by atoms with Crippen molar-refractivity contribution in [1.29, 1.82) is 0 Å². The lowest BCUT2D eigenvalue weighted by atomic mass is 9.92. The summed E-state index contributed by atoms with van der Waals surface area (Å²) in [7, 11) is 0. The van der Waals surface area contributed by atoms with Gasteiger partial charge in [-0.3, -0.25) is 4.99 Å². The molecule has 5 nitrogen and oxygen atoms in total. The Balaban J connectivity index is 0.00000243. The van der Waals surface area contributed by atoms with Gasteiger partial charge in [0.15, 0.2) is 5.96 Å². The van der Waals surface area contributed by atoms with Crippen LogP contribution >= 0.6 is 24.0 Å². The molecule has 3 N–H and O–H groups in total. The Bertz CT molecular complexity index is 420. The molecule has 3 fully saturated rings. The molecule has 1 saturated heterocycles. The molecule has 152 valence electrons. The number of rotatable bonds is 5. The first-order valence-corrected chi connectivity index (χ1v) is 10.7. The SMILES string of the molecule is CCNC(=NCC1CCCC1O)NC1CCN(C2CCCCC2)CC1.I. The predicted molar refractivity (Wildman–Crippen MR) is 119 cm³/mol. The monoisotopic (exact) mass is 478 g/mol. The number of guanidine groups is 1. The van der Waals surface area contributed by atoms with Crippen LogP contribution in [0.25, 0.3) is 0 Å². The topological polar surface area (TPSA) is 59.9 Å². The van der Waals surface area contributed by atoms with Crippen molar-refractivity contribution in [3.05, 3.63) is 0 Å². The molecule has 1 aliphatic heterocycles. The zero-order chi connectivity index (χ0) is 17.5. The van der Waals surface area contributed by atoms with Crippen molar-refractivity contribution in [1.82, 2.24) is 15.5 Å². The normalized spacial score (nSPS) is 29.4. The molecule has 0 aromatic carbocycles. The van der Waals surface area contributed by atoms with E-state index in [1.54, 1.807) is 0 Å². The lowest BCUT2D eigenvalue weighted by Gasteiger charge is -2.39. The van der Waals surface area contributed by atoms with E-state index in [1.165, 1.54) is 58.0 Å². The summed E-state index contributed by atoms with van der Waals surface area (Å²) in [6.45, 7) is 6.21. The highest BCUT2D eigenvalue weighted by Crippen LogP contribution is 2.26. The number of hydrogen-bond acceptors (Lipinski definition) is 3. The highest BCUT2D eigenvalue weighted by molar-refractivity contribution is 14.0. The van der Waals surface area contributed by atoms with E-state index >= 15 is 0 Å². The van der Waals surface area contributed by atoms with Crippen LogP contribution in [0.15, 0.2) is 4.99 Å². The molecule has 0 amide bonds. The van der Waals surface area contributed by atoms with Crippen molar-refractivity contribution in [3.63, 3.8) is 0 Å². The van der Waals surface area contributed by atoms with E-state index in [4.69, 9.17) is 4.99 Å². The second kappa shape index (κ2) is 11.7. The quantitative estimate of drug-likeness (QED) is 0.323. The van der Waals surface area contributed by atoms with Crippen LogP contribution in [0.4, 0.5) is 0 Å². The Hall–Kier alpha value is -0.0800. The standard InChI is InChI=1S/C20H38N4O.HI/c1-2-21-20(22-15-16-7-6-10-19(16)25)23-17-11-13-24(14-12-17)18-8-4-3-5-9-18;/h16-19,25H,2-15H2,1H3,(H2,21,22,23);1H. The minimum atomic E-state index is -0.148. The molecule has 26 heavy (non-hydrogen) atoms. The van der Waals surface area contributed by atoms with Gasteiger partial charge >= 0.3 is 0 Å². The van der Waals surface area contributed by atoms with Gasteiger partial charge in [0.05, 0.1) is 6.10 Å². The Morgan fingerprint density at radius 2 is 1.73 bits per heavy atom. The Labute approximate surface area is 176 Å². The molecule has 0 bridgehead atoms. The molecule has 2 unspecified atom stereocenters. The van der Waals surface area contributed by atoms with Gasteiger partial charge in [-0.15, -0.1) is 24.0 Å². The molecule has 0 aromatic rings. The van der Waals surface area contributed by atoms with Crippen molar-refractivity contribution in [2.75, 3.05) is 26.2 Å². The fourth-order valence-corrected chi connectivity index (χ4v) is 4.81. The first kappa shape index (κ1) is 22.2. The zero-order valence-electron chi connectivity index (χ0n) is 16.5. The van der Waals surface area contributed by atoms with Crippen molar-refractivity contribution < 1.29 is 5.11 Å². The lowest BCUT2D eigenvalue weighted by Crippen LogP contribution is -2.51. The number of likely N-dealkylation sites (tertiary alicyclic amines) is 1. The second-order valence-electron chi connectivity index (χ2n) is 8.22. The van der Waals surface area contributed by atoms with E-state index in [1.807, 2.05) is 0 Å². The zero-order valence-corrected chi connectivity index (χ0v) is 18.8. The van der Waals surface area contributed by atoms with E-state index < -0.39 is 0 Å².